The van der Waals surface area contributed by atoms with E-state index in [-0.39, 0.29) is 11.3 Å². The molecule has 0 aliphatic rings. The van der Waals surface area contributed by atoms with Crippen molar-refractivity contribution < 1.29 is 29.0 Å². The molecule has 0 spiro atoms. The van der Waals surface area contributed by atoms with Gasteiger partial charge in [0.15, 0.2) is 0 Å². The Labute approximate surface area is 189 Å². The Hall–Kier alpha value is -4.72. The fourth-order valence-corrected chi connectivity index (χ4v) is 2.80. The predicted octanol–water partition coefficient (Wildman–Crippen LogP) is 3.72. The van der Waals surface area contributed by atoms with E-state index >= 15 is 0 Å². The largest absolute Gasteiger partial charge is 0.478 e. The van der Waals surface area contributed by atoms with Crippen molar-refractivity contribution in [3.8, 4) is 5.75 Å². The fraction of sp³-hybridized carbons (Fsp3) is 0.0400. The van der Waals surface area contributed by atoms with E-state index < -0.39 is 23.8 Å². The first-order valence-electron chi connectivity index (χ1n) is 9.83. The Bertz CT molecular complexity index is 1200. The Morgan fingerprint density at radius 3 is 2.03 bits per heavy atom. The summed E-state index contributed by atoms with van der Waals surface area (Å²) in [6.07, 6.45) is 1.47. The van der Waals surface area contributed by atoms with E-state index in [1.807, 2.05) is 0 Å². The molecular weight excluding hydrogens is 424 g/mol. The van der Waals surface area contributed by atoms with E-state index in [1.54, 1.807) is 54.6 Å². The van der Waals surface area contributed by atoms with Gasteiger partial charge in [-0.05, 0) is 60.2 Å². The number of carbonyl (C=O) groups excluding carboxylic acids is 3. The highest BCUT2D eigenvalue weighted by molar-refractivity contribution is 6.10. The van der Waals surface area contributed by atoms with Crippen LogP contribution in [0.3, 0.4) is 0 Å². The number of ether oxygens (including phenoxy) is 1. The molecule has 2 amide bonds. The average Bonchev–Trinajstić information content (AvgIpc) is 2.80. The molecule has 3 rings (SSSR count). The summed E-state index contributed by atoms with van der Waals surface area (Å²) in [6.45, 7) is 1.29. The Kier molecular flexibility index (Phi) is 7.33. The maximum absolute atomic E-state index is 12.9. The van der Waals surface area contributed by atoms with Gasteiger partial charge in [0.05, 0.1) is 5.56 Å². The first-order valence-corrected chi connectivity index (χ1v) is 9.83. The lowest BCUT2D eigenvalue weighted by Crippen LogP contribution is -2.30. The molecule has 8 heteroatoms. The number of rotatable bonds is 7. The first-order chi connectivity index (χ1) is 15.8. The molecule has 0 saturated heterocycles. The van der Waals surface area contributed by atoms with Crippen LogP contribution in [0.1, 0.15) is 33.2 Å². The molecule has 0 fully saturated rings. The average molecular weight is 444 g/mol. The number of carbonyl (C=O) groups is 4. The molecule has 3 aromatic carbocycles. The summed E-state index contributed by atoms with van der Waals surface area (Å²) in [6, 6.07) is 20.4. The molecule has 8 nitrogen and oxygen atoms in total. The highest BCUT2D eigenvalue weighted by atomic mass is 16.5. The van der Waals surface area contributed by atoms with Gasteiger partial charge in [-0.1, -0.05) is 30.3 Å². The second-order valence-electron chi connectivity index (χ2n) is 6.88. The number of amides is 2. The summed E-state index contributed by atoms with van der Waals surface area (Å²) in [5, 5.41) is 14.3. The number of benzene rings is 3. The van der Waals surface area contributed by atoms with Crippen LogP contribution in [0, 0.1) is 0 Å². The Balaban J connectivity index is 1.86. The van der Waals surface area contributed by atoms with Crippen molar-refractivity contribution in [2.45, 2.75) is 6.92 Å². The van der Waals surface area contributed by atoms with E-state index in [0.717, 1.165) is 0 Å². The molecule has 0 unspecified atom stereocenters. The monoisotopic (exact) mass is 444 g/mol. The Morgan fingerprint density at radius 1 is 0.818 bits per heavy atom. The van der Waals surface area contributed by atoms with Crippen molar-refractivity contribution >= 4 is 35.5 Å². The van der Waals surface area contributed by atoms with Crippen LogP contribution >= 0.6 is 0 Å². The van der Waals surface area contributed by atoms with Crippen LogP contribution in [-0.4, -0.2) is 28.9 Å². The minimum absolute atomic E-state index is 0.0357. The number of hydrogen-bond acceptors (Lipinski definition) is 5. The van der Waals surface area contributed by atoms with Gasteiger partial charge in [-0.2, -0.15) is 0 Å². The van der Waals surface area contributed by atoms with Crippen molar-refractivity contribution in [1.82, 2.24) is 5.32 Å². The molecule has 0 aliphatic carbocycles. The Morgan fingerprint density at radius 2 is 1.45 bits per heavy atom. The van der Waals surface area contributed by atoms with Gasteiger partial charge in [0.1, 0.15) is 11.4 Å². The van der Waals surface area contributed by atoms with Crippen molar-refractivity contribution in [3.63, 3.8) is 0 Å². The minimum Gasteiger partial charge on any atom is -0.478 e. The molecule has 0 radical (unpaired) electrons. The maximum atomic E-state index is 12.9. The molecule has 0 saturated carbocycles. The van der Waals surface area contributed by atoms with Crippen LogP contribution in [0.25, 0.3) is 6.08 Å². The van der Waals surface area contributed by atoms with Crippen LogP contribution in [0.4, 0.5) is 5.69 Å². The normalized spacial score (nSPS) is 10.8. The van der Waals surface area contributed by atoms with Crippen molar-refractivity contribution in [2.24, 2.45) is 0 Å². The third-order valence-corrected chi connectivity index (χ3v) is 4.37. The SMILES string of the molecule is CC(=O)Oc1ccc(C=C(NC(=O)c2ccccc2)C(=O)Nc2ccc(C(=O)O)cc2)cc1. The van der Waals surface area contributed by atoms with E-state index in [2.05, 4.69) is 10.6 Å². The number of aromatic carboxylic acids is 1. The molecule has 3 aromatic rings. The van der Waals surface area contributed by atoms with Gasteiger partial charge in [-0.3, -0.25) is 14.4 Å². The highest BCUT2D eigenvalue weighted by Crippen LogP contribution is 2.16. The van der Waals surface area contributed by atoms with Crippen LogP contribution in [0.5, 0.6) is 5.75 Å². The van der Waals surface area contributed by atoms with Gasteiger partial charge in [0.2, 0.25) is 0 Å². The third kappa shape index (κ3) is 6.63. The van der Waals surface area contributed by atoms with Gasteiger partial charge < -0.3 is 20.5 Å². The van der Waals surface area contributed by atoms with E-state index in [1.165, 1.54) is 37.3 Å². The van der Waals surface area contributed by atoms with E-state index in [9.17, 15) is 19.2 Å². The van der Waals surface area contributed by atoms with Crippen LogP contribution in [-0.2, 0) is 9.59 Å². The number of carboxylic acid groups (broad SMARTS) is 1. The third-order valence-electron chi connectivity index (χ3n) is 4.37. The first kappa shape index (κ1) is 23.0. The lowest BCUT2D eigenvalue weighted by Gasteiger charge is -2.12. The fourth-order valence-electron chi connectivity index (χ4n) is 2.80. The number of anilines is 1. The maximum Gasteiger partial charge on any atom is 0.335 e. The molecule has 33 heavy (non-hydrogen) atoms. The smallest absolute Gasteiger partial charge is 0.335 e. The zero-order valence-electron chi connectivity index (χ0n) is 17.6. The van der Waals surface area contributed by atoms with Gasteiger partial charge in [0.25, 0.3) is 11.8 Å². The lowest BCUT2D eigenvalue weighted by molar-refractivity contribution is -0.131. The molecule has 0 atom stereocenters. The summed E-state index contributed by atoms with van der Waals surface area (Å²) >= 11 is 0. The number of esters is 1. The summed E-state index contributed by atoms with van der Waals surface area (Å²) in [4.78, 5) is 47.7. The van der Waals surface area contributed by atoms with Gasteiger partial charge in [-0.25, -0.2) is 4.79 Å². The number of nitrogens with one attached hydrogen (secondary N) is 2. The van der Waals surface area contributed by atoms with Gasteiger partial charge in [0, 0.05) is 18.2 Å². The number of hydrogen-bond donors (Lipinski definition) is 3. The van der Waals surface area contributed by atoms with E-state index in [4.69, 9.17) is 9.84 Å². The van der Waals surface area contributed by atoms with E-state index in [0.29, 0.717) is 22.6 Å². The number of carboxylic acids is 1. The molecule has 0 heterocycles. The van der Waals surface area contributed by atoms with Crippen LogP contribution in [0.2, 0.25) is 0 Å². The molecule has 0 aromatic heterocycles. The predicted molar refractivity (Wildman–Crippen MR) is 122 cm³/mol. The summed E-state index contributed by atoms with van der Waals surface area (Å²) in [7, 11) is 0. The zero-order chi connectivity index (χ0) is 23.8. The minimum atomic E-state index is -1.08. The van der Waals surface area contributed by atoms with Crippen molar-refractivity contribution in [2.75, 3.05) is 5.32 Å². The molecular formula is C25H20N2O6. The summed E-state index contributed by atoms with van der Waals surface area (Å²) in [5.74, 6) is -2.28. The highest BCUT2D eigenvalue weighted by Gasteiger charge is 2.15. The summed E-state index contributed by atoms with van der Waals surface area (Å²) < 4.78 is 5.00. The zero-order valence-corrected chi connectivity index (χ0v) is 17.6. The van der Waals surface area contributed by atoms with Crippen molar-refractivity contribution in [3.05, 3.63) is 101 Å². The van der Waals surface area contributed by atoms with Crippen molar-refractivity contribution in [1.29, 1.82) is 0 Å². The molecule has 0 aliphatic heterocycles. The second kappa shape index (κ2) is 10.5. The van der Waals surface area contributed by atoms with Crippen LogP contribution < -0.4 is 15.4 Å². The quantitative estimate of drug-likeness (QED) is 0.290. The van der Waals surface area contributed by atoms with Crippen LogP contribution in [0.15, 0.2) is 84.6 Å². The molecule has 166 valence electrons. The molecule has 0 bridgehead atoms. The topological polar surface area (TPSA) is 122 Å². The van der Waals surface area contributed by atoms with Gasteiger partial charge >= 0.3 is 11.9 Å². The summed E-state index contributed by atoms with van der Waals surface area (Å²) in [5.41, 5.74) is 1.34. The lowest BCUT2D eigenvalue weighted by atomic mass is 10.1. The second-order valence-corrected chi connectivity index (χ2v) is 6.88. The molecule has 3 N–H and O–H groups in total. The van der Waals surface area contributed by atoms with Gasteiger partial charge in [-0.15, -0.1) is 0 Å². The standard InChI is InChI=1S/C25H20N2O6/c1-16(28)33-21-13-7-17(8-14-21)15-22(27-23(29)18-5-3-2-4-6-18)24(30)26-20-11-9-19(10-12-20)25(31)32/h2-15H,1H3,(H,26,30)(H,27,29)(H,31,32).